The van der Waals surface area contributed by atoms with Crippen LogP contribution in [0.5, 0.6) is 5.75 Å². The maximum absolute atomic E-state index is 13.1. The van der Waals surface area contributed by atoms with Gasteiger partial charge in [-0.2, -0.15) is 8.78 Å². The summed E-state index contributed by atoms with van der Waals surface area (Å²) >= 11 is 0. The highest BCUT2D eigenvalue weighted by atomic mass is 19.2. The minimum absolute atomic E-state index is 0.384. The van der Waals surface area contributed by atoms with Gasteiger partial charge in [0.25, 0.3) is 0 Å². The topological polar surface area (TPSA) is 75.1 Å². The van der Waals surface area contributed by atoms with E-state index in [9.17, 15) is 26.7 Å². The number of carbonyl (C=O) groups is 1. The molecule has 0 spiro atoms. The standard InChI is InChI=1S/C9H4F5N3O2/c10-4-5(11)7(13)9(8(14)6(4)12)19-3(18)1-2-16-17-15/h1-2H2. The Kier molecular flexibility index (Phi) is 4.65. The molecule has 1 aromatic rings. The lowest BCUT2D eigenvalue weighted by Crippen LogP contribution is -2.14. The molecule has 1 aromatic carbocycles. The van der Waals surface area contributed by atoms with Crippen LogP contribution in [-0.2, 0) is 4.79 Å². The van der Waals surface area contributed by atoms with Crippen LogP contribution in [0.15, 0.2) is 5.11 Å². The molecular weight excluding hydrogens is 277 g/mol. The number of esters is 1. The fraction of sp³-hybridized carbons (Fsp3) is 0.222. The fourth-order valence-electron chi connectivity index (χ4n) is 1.03. The smallest absolute Gasteiger partial charge is 0.311 e. The Bertz CT molecular complexity index is 542. The lowest BCUT2D eigenvalue weighted by molar-refractivity contribution is -0.134. The summed E-state index contributed by atoms with van der Waals surface area (Å²) in [7, 11) is 0. The normalized spacial score (nSPS) is 9.95. The highest BCUT2D eigenvalue weighted by Crippen LogP contribution is 2.29. The third-order valence-electron chi connectivity index (χ3n) is 1.86. The average molecular weight is 281 g/mol. The van der Waals surface area contributed by atoms with Crippen molar-refractivity contribution in [3.63, 3.8) is 0 Å². The van der Waals surface area contributed by atoms with Gasteiger partial charge in [-0.1, -0.05) is 5.11 Å². The Hall–Kier alpha value is -2.35. The van der Waals surface area contributed by atoms with Crippen molar-refractivity contribution in [1.82, 2.24) is 0 Å². The minimum atomic E-state index is -2.36. The Balaban J connectivity index is 3.02. The van der Waals surface area contributed by atoms with Crippen molar-refractivity contribution >= 4 is 5.97 Å². The zero-order valence-electron chi connectivity index (χ0n) is 8.96. The van der Waals surface area contributed by atoms with Crippen molar-refractivity contribution < 1.29 is 31.5 Å². The molecule has 0 saturated carbocycles. The van der Waals surface area contributed by atoms with E-state index in [2.05, 4.69) is 14.8 Å². The van der Waals surface area contributed by atoms with Gasteiger partial charge < -0.3 is 4.74 Å². The Labute approximate surface area is 102 Å². The lowest BCUT2D eigenvalue weighted by atomic mass is 10.2. The van der Waals surface area contributed by atoms with Crippen molar-refractivity contribution in [2.45, 2.75) is 6.42 Å². The van der Waals surface area contributed by atoms with Crippen LogP contribution in [-0.4, -0.2) is 12.5 Å². The van der Waals surface area contributed by atoms with Crippen molar-refractivity contribution in [2.75, 3.05) is 6.54 Å². The molecule has 1 rings (SSSR count). The van der Waals surface area contributed by atoms with Crippen LogP contribution in [0.3, 0.4) is 0 Å². The van der Waals surface area contributed by atoms with E-state index >= 15 is 0 Å². The SMILES string of the molecule is [N-]=[N+]=NCCC(=O)Oc1c(F)c(F)c(F)c(F)c1F. The summed E-state index contributed by atoms with van der Waals surface area (Å²) in [6, 6.07) is 0. The maximum atomic E-state index is 13.1. The summed E-state index contributed by atoms with van der Waals surface area (Å²) in [6.45, 7) is -0.384. The van der Waals surface area contributed by atoms with Crippen molar-refractivity contribution in [1.29, 1.82) is 0 Å². The second-order valence-electron chi connectivity index (χ2n) is 3.08. The van der Waals surface area contributed by atoms with Gasteiger partial charge in [-0.25, -0.2) is 13.2 Å². The van der Waals surface area contributed by atoms with E-state index in [-0.39, 0.29) is 6.54 Å². The predicted molar refractivity (Wildman–Crippen MR) is 50.5 cm³/mol. The van der Waals surface area contributed by atoms with Gasteiger partial charge in [0.1, 0.15) is 0 Å². The number of carbonyl (C=O) groups excluding carboxylic acids is 1. The summed E-state index contributed by atoms with van der Waals surface area (Å²) in [4.78, 5) is 13.3. The van der Waals surface area contributed by atoms with E-state index in [1.807, 2.05) is 0 Å². The van der Waals surface area contributed by atoms with E-state index in [0.717, 1.165) is 0 Å². The first-order valence-corrected chi connectivity index (χ1v) is 4.63. The second kappa shape index (κ2) is 6.01. The molecule has 19 heavy (non-hydrogen) atoms. The Morgan fingerprint density at radius 3 is 2.00 bits per heavy atom. The molecule has 0 unspecified atom stereocenters. The van der Waals surface area contributed by atoms with Crippen LogP contribution in [0, 0.1) is 29.1 Å². The number of rotatable bonds is 4. The molecule has 0 radical (unpaired) electrons. The first kappa shape index (κ1) is 14.7. The van der Waals surface area contributed by atoms with E-state index < -0.39 is 47.2 Å². The third kappa shape index (κ3) is 3.10. The molecule has 102 valence electrons. The van der Waals surface area contributed by atoms with E-state index in [4.69, 9.17) is 5.53 Å². The molecule has 0 atom stereocenters. The molecule has 10 heteroatoms. The lowest BCUT2D eigenvalue weighted by Gasteiger charge is -2.08. The molecule has 0 saturated heterocycles. The largest absolute Gasteiger partial charge is 0.420 e. The first-order chi connectivity index (χ1) is 8.90. The molecule has 0 heterocycles. The van der Waals surface area contributed by atoms with Crippen LogP contribution in [0.25, 0.3) is 10.4 Å². The van der Waals surface area contributed by atoms with Crippen LogP contribution in [0.4, 0.5) is 22.0 Å². The molecular formula is C9H4F5N3O2. The zero-order valence-corrected chi connectivity index (χ0v) is 8.96. The summed E-state index contributed by atoms with van der Waals surface area (Å²) < 4.78 is 68.3. The first-order valence-electron chi connectivity index (χ1n) is 4.63. The Morgan fingerprint density at radius 1 is 1.05 bits per heavy atom. The molecule has 0 aliphatic rings. The molecule has 5 nitrogen and oxygen atoms in total. The van der Waals surface area contributed by atoms with Gasteiger partial charge in [0.15, 0.2) is 0 Å². The van der Waals surface area contributed by atoms with Crippen LogP contribution < -0.4 is 4.74 Å². The number of azide groups is 1. The molecule has 0 aliphatic carbocycles. The van der Waals surface area contributed by atoms with Gasteiger partial charge in [0.05, 0.1) is 6.42 Å². The van der Waals surface area contributed by atoms with Gasteiger partial charge in [0.2, 0.25) is 34.8 Å². The quantitative estimate of drug-likeness (QED) is 0.124. The second-order valence-corrected chi connectivity index (χ2v) is 3.08. The third-order valence-corrected chi connectivity index (χ3v) is 1.86. The summed E-state index contributed by atoms with van der Waals surface area (Å²) in [5.74, 6) is -14.3. The number of halogens is 5. The maximum Gasteiger partial charge on any atom is 0.311 e. The van der Waals surface area contributed by atoms with Crippen molar-refractivity contribution in [2.24, 2.45) is 5.11 Å². The van der Waals surface area contributed by atoms with Crippen LogP contribution >= 0.6 is 0 Å². The van der Waals surface area contributed by atoms with Crippen molar-refractivity contribution in [3.05, 3.63) is 39.5 Å². The highest BCUT2D eigenvalue weighted by molar-refractivity contribution is 5.72. The summed E-state index contributed by atoms with van der Waals surface area (Å²) in [6.07, 6.45) is -0.580. The molecule has 0 bridgehead atoms. The number of hydrogen-bond donors (Lipinski definition) is 0. The summed E-state index contributed by atoms with van der Waals surface area (Å²) in [5, 5.41) is 2.93. The molecule has 0 N–H and O–H groups in total. The predicted octanol–water partition coefficient (Wildman–Crippen LogP) is 2.99. The summed E-state index contributed by atoms with van der Waals surface area (Å²) in [5.41, 5.74) is 7.91. The van der Waals surface area contributed by atoms with Gasteiger partial charge in [-0.3, -0.25) is 4.79 Å². The van der Waals surface area contributed by atoms with Crippen LogP contribution in [0.2, 0.25) is 0 Å². The van der Waals surface area contributed by atoms with Gasteiger partial charge >= 0.3 is 5.97 Å². The Morgan fingerprint density at radius 2 is 1.53 bits per heavy atom. The van der Waals surface area contributed by atoms with Gasteiger partial charge in [0, 0.05) is 11.5 Å². The zero-order chi connectivity index (χ0) is 14.6. The number of benzene rings is 1. The van der Waals surface area contributed by atoms with E-state index in [1.54, 1.807) is 0 Å². The number of nitrogens with zero attached hydrogens (tertiary/aromatic N) is 3. The fourth-order valence-corrected chi connectivity index (χ4v) is 1.03. The van der Waals surface area contributed by atoms with Crippen molar-refractivity contribution in [3.8, 4) is 5.75 Å². The van der Waals surface area contributed by atoms with Gasteiger partial charge in [-0.15, -0.1) is 0 Å². The van der Waals surface area contributed by atoms with Crippen LogP contribution in [0.1, 0.15) is 6.42 Å². The minimum Gasteiger partial charge on any atom is -0.420 e. The average Bonchev–Trinajstić information content (AvgIpc) is 2.39. The van der Waals surface area contributed by atoms with E-state index in [1.165, 1.54) is 0 Å². The van der Waals surface area contributed by atoms with Gasteiger partial charge in [-0.05, 0) is 5.53 Å². The number of ether oxygens (including phenoxy) is 1. The molecule has 0 fully saturated rings. The molecule has 0 amide bonds. The van der Waals surface area contributed by atoms with E-state index in [0.29, 0.717) is 0 Å². The highest BCUT2D eigenvalue weighted by Gasteiger charge is 2.28. The number of hydrogen-bond acceptors (Lipinski definition) is 3. The monoisotopic (exact) mass is 281 g/mol. The molecule has 0 aliphatic heterocycles. The molecule has 0 aromatic heterocycles.